The van der Waals surface area contributed by atoms with Gasteiger partial charge in [0.2, 0.25) is 0 Å². The molecule has 98 valence electrons. The largest absolute Gasteiger partial charge is 0.378 e. The summed E-state index contributed by atoms with van der Waals surface area (Å²) < 4.78 is 18.7. The lowest BCUT2D eigenvalue weighted by atomic mass is 10.2. The van der Waals surface area contributed by atoms with Crippen LogP contribution in [0.1, 0.15) is 5.56 Å². The van der Waals surface area contributed by atoms with Crippen LogP contribution in [0.25, 0.3) is 0 Å². The maximum absolute atomic E-state index is 13.1. The van der Waals surface area contributed by atoms with E-state index in [0.29, 0.717) is 6.61 Å². The molecular weight excluding hydrogens is 257 g/mol. The van der Waals surface area contributed by atoms with Crippen molar-refractivity contribution in [2.24, 2.45) is 0 Å². The summed E-state index contributed by atoms with van der Waals surface area (Å²) in [4.78, 5) is 2.02. The Morgan fingerprint density at radius 2 is 1.74 bits per heavy atom. The Kier molecular flexibility index (Phi) is 2.96. The molecule has 0 saturated carbocycles. The number of hydrogen-bond acceptors (Lipinski definition) is 3. The molecular formula is C15H16NO2P. The molecule has 0 fully saturated rings. The zero-order valence-electron chi connectivity index (χ0n) is 11.0. The first-order valence-corrected chi connectivity index (χ1v) is 7.85. The third-order valence-electron chi connectivity index (χ3n) is 3.42. The summed E-state index contributed by atoms with van der Waals surface area (Å²) in [5.74, 6) is 0. The van der Waals surface area contributed by atoms with Crippen LogP contribution in [0.2, 0.25) is 0 Å². The van der Waals surface area contributed by atoms with Gasteiger partial charge in [0.05, 0.1) is 6.61 Å². The zero-order valence-corrected chi connectivity index (χ0v) is 11.9. The van der Waals surface area contributed by atoms with Crippen molar-refractivity contribution in [3.05, 3.63) is 54.1 Å². The smallest absolute Gasteiger partial charge is 0.261 e. The molecule has 0 aromatic heterocycles. The van der Waals surface area contributed by atoms with Crippen LogP contribution in [-0.4, -0.2) is 14.1 Å². The van der Waals surface area contributed by atoms with Gasteiger partial charge >= 0.3 is 0 Å². The van der Waals surface area contributed by atoms with Crippen LogP contribution < -0.4 is 15.5 Å². The van der Waals surface area contributed by atoms with E-state index >= 15 is 0 Å². The first kappa shape index (κ1) is 12.5. The van der Waals surface area contributed by atoms with Crippen LogP contribution in [0.3, 0.4) is 0 Å². The van der Waals surface area contributed by atoms with E-state index in [9.17, 15) is 4.57 Å². The minimum Gasteiger partial charge on any atom is -0.378 e. The lowest BCUT2D eigenvalue weighted by Gasteiger charge is -2.16. The van der Waals surface area contributed by atoms with Gasteiger partial charge in [-0.05, 0) is 35.9 Å². The molecule has 4 heteroatoms. The molecule has 19 heavy (non-hydrogen) atoms. The van der Waals surface area contributed by atoms with Gasteiger partial charge < -0.3 is 9.42 Å². The van der Waals surface area contributed by atoms with Crippen LogP contribution in [-0.2, 0) is 15.7 Å². The van der Waals surface area contributed by atoms with E-state index in [1.165, 1.54) is 0 Å². The highest BCUT2D eigenvalue weighted by Gasteiger charge is 2.36. The zero-order chi connectivity index (χ0) is 13.5. The van der Waals surface area contributed by atoms with E-state index in [1.54, 1.807) is 0 Å². The van der Waals surface area contributed by atoms with Gasteiger partial charge in [-0.1, -0.05) is 18.2 Å². The van der Waals surface area contributed by atoms with Crippen molar-refractivity contribution in [1.29, 1.82) is 0 Å². The minimum absolute atomic E-state index is 0.433. The van der Waals surface area contributed by atoms with Crippen molar-refractivity contribution >= 4 is 23.7 Å². The number of hydrogen-bond donors (Lipinski definition) is 0. The van der Waals surface area contributed by atoms with E-state index in [1.807, 2.05) is 67.5 Å². The topological polar surface area (TPSA) is 29.5 Å². The lowest BCUT2D eigenvalue weighted by molar-refractivity contribution is 0.330. The molecule has 0 spiro atoms. The maximum atomic E-state index is 13.1. The SMILES string of the molecule is CN(C)c1ccc(P2(=O)OCc3ccccc32)cc1. The Balaban J connectivity index is 2.05. The van der Waals surface area contributed by atoms with E-state index in [0.717, 1.165) is 21.9 Å². The highest BCUT2D eigenvalue weighted by Crippen LogP contribution is 2.50. The predicted octanol–water partition coefficient (Wildman–Crippen LogP) is 2.51. The maximum Gasteiger partial charge on any atom is 0.261 e. The quantitative estimate of drug-likeness (QED) is 0.787. The molecule has 0 radical (unpaired) electrons. The Bertz CT molecular complexity index is 649. The number of fused-ring (bicyclic) bond motifs is 1. The fourth-order valence-electron chi connectivity index (χ4n) is 2.31. The number of anilines is 1. The van der Waals surface area contributed by atoms with E-state index in [2.05, 4.69) is 0 Å². The normalized spacial score (nSPS) is 21.2. The highest BCUT2D eigenvalue weighted by atomic mass is 31.2. The fraction of sp³-hybridized carbons (Fsp3) is 0.200. The van der Waals surface area contributed by atoms with Crippen molar-refractivity contribution in [1.82, 2.24) is 0 Å². The Labute approximate surface area is 113 Å². The van der Waals surface area contributed by atoms with Gasteiger partial charge in [0.15, 0.2) is 0 Å². The van der Waals surface area contributed by atoms with E-state index in [-0.39, 0.29) is 0 Å². The Morgan fingerprint density at radius 3 is 2.42 bits per heavy atom. The second-order valence-electron chi connectivity index (χ2n) is 4.86. The van der Waals surface area contributed by atoms with Gasteiger partial charge in [0, 0.05) is 30.4 Å². The average molecular weight is 273 g/mol. The van der Waals surface area contributed by atoms with Gasteiger partial charge in [0.1, 0.15) is 0 Å². The van der Waals surface area contributed by atoms with Gasteiger partial charge in [-0.2, -0.15) is 0 Å². The summed E-state index contributed by atoms with van der Waals surface area (Å²) in [6, 6.07) is 15.5. The fourth-order valence-corrected chi connectivity index (χ4v) is 4.54. The number of rotatable bonds is 2. The summed E-state index contributed by atoms with van der Waals surface area (Å²) in [6.45, 7) is 0.433. The van der Waals surface area contributed by atoms with Gasteiger partial charge in [0.25, 0.3) is 7.37 Å². The number of benzene rings is 2. The van der Waals surface area contributed by atoms with Crippen LogP contribution >= 0.6 is 7.37 Å². The molecule has 1 aliphatic rings. The summed E-state index contributed by atoms with van der Waals surface area (Å²) in [6.07, 6.45) is 0. The highest BCUT2D eigenvalue weighted by molar-refractivity contribution is 7.74. The lowest BCUT2D eigenvalue weighted by Crippen LogP contribution is -2.15. The summed E-state index contributed by atoms with van der Waals surface area (Å²) >= 11 is 0. The second kappa shape index (κ2) is 4.52. The van der Waals surface area contributed by atoms with Crippen LogP contribution in [0.4, 0.5) is 5.69 Å². The third kappa shape index (κ3) is 1.99. The van der Waals surface area contributed by atoms with E-state index in [4.69, 9.17) is 4.52 Å². The number of nitrogens with zero attached hydrogens (tertiary/aromatic N) is 1. The van der Waals surface area contributed by atoms with Gasteiger partial charge in [-0.15, -0.1) is 0 Å². The van der Waals surface area contributed by atoms with Crippen LogP contribution in [0, 0.1) is 0 Å². The first-order valence-electron chi connectivity index (χ1n) is 6.22. The monoisotopic (exact) mass is 273 g/mol. The molecule has 1 unspecified atom stereocenters. The van der Waals surface area contributed by atoms with Crippen molar-refractivity contribution < 1.29 is 9.09 Å². The van der Waals surface area contributed by atoms with E-state index < -0.39 is 7.37 Å². The molecule has 0 amide bonds. The Hall–Kier alpha value is -1.57. The van der Waals surface area contributed by atoms with Crippen molar-refractivity contribution in [3.8, 4) is 0 Å². The van der Waals surface area contributed by atoms with Crippen molar-refractivity contribution in [2.45, 2.75) is 6.61 Å². The molecule has 0 saturated heterocycles. The third-order valence-corrected chi connectivity index (χ3v) is 5.96. The van der Waals surface area contributed by atoms with Crippen LogP contribution in [0.5, 0.6) is 0 Å². The average Bonchev–Trinajstić information content (AvgIpc) is 2.78. The Morgan fingerprint density at radius 1 is 1.05 bits per heavy atom. The van der Waals surface area contributed by atoms with Crippen molar-refractivity contribution in [3.63, 3.8) is 0 Å². The molecule has 1 atom stereocenters. The molecule has 2 aromatic carbocycles. The first-order chi connectivity index (χ1) is 9.11. The minimum atomic E-state index is -2.88. The molecule has 0 bridgehead atoms. The van der Waals surface area contributed by atoms with Gasteiger partial charge in [-0.25, -0.2) is 0 Å². The summed E-state index contributed by atoms with van der Waals surface area (Å²) in [7, 11) is 1.09. The summed E-state index contributed by atoms with van der Waals surface area (Å²) in [5.41, 5.74) is 2.12. The van der Waals surface area contributed by atoms with Crippen molar-refractivity contribution in [2.75, 3.05) is 19.0 Å². The molecule has 2 aromatic rings. The standard InChI is InChI=1S/C15H16NO2P/c1-16(2)13-7-9-14(10-8-13)19(17)15-6-4-3-5-12(15)11-18-19/h3-10H,11H2,1-2H3. The molecule has 0 aliphatic carbocycles. The molecule has 1 aliphatic heterocycles. The van der Waals surface area contributed by atoms with Gasteiger partial charge in [-0.3, -0.25) is 4.57 Å². The molecule has 1 heterocycles. The second-order valence-corrected chi connectivity index (χ2v) is 7.22. The summed E-state index contributed by atoms with van der Waals surface area (Å²) in [5, 5.41) is 1.61. The molecule has 0 N–H and O–H groups in total. The van der Waals surface area contributed by atoms with Crippen LogP contribution in [0.15, 0.2) is 48.5 Å². The molecule has 3 nitrogen and oxygen atoms in total. The molecule has 3 rings (SSSR count). The predicted molar refractivity (Wildman–Crippen MR) is 78.9 cm³/mol.